The van der Waals surface area contributed by atoms with Crippen LogP contribution in [0.4, 0.5) is 0 Å². The summed E-state index contributed by atoms with van der Waals surface area (Å²) in [6.45, 7) is 0.399. The van der Waals surface area contributed by atoms with Crippen LogP contribution >= 0.6 is 0 Å². The maximum absolute atomic E-state index is 12.8. The van der Waals surface area contributed by atoms with Crippen molar-refractivity contribution in [1.29, 1.82) is 0 Å². The van der Waals surface area contributed by atoms with Crippen molar-refractivity contribution < 1.29 is 19.1 Å². The lowest BCUT2D eigenvalue weighted by Gasteiger charge is -2.26. The molecule has 158 valence electrons. The molecule has 0 spiro atoms. The number of amides is 2. The summed E-state index contributed by atoms with van der Waals surface area (Å²) < 4.78 is 5.17. The van der Waals surface area contributed by atoms with Gasteiger partial charge in [0.1, 0.15) is 19.2 Å². The molecule has 2 aromatic carbocycles. The summed E-state index contributed by atoms with van der Waals surface area (Å²) in [5.41, 5.74) is 7.96. The zero-order valence-corrected chi connectivity index (χ0v) is 16.8. The van der Waals surface area contributed by atoms with Gasteiger partial charge in [0, 0.05) is 6.54 Å². The van der Waals surface area contributed by atoms with Crippen LogP contribution in [0.5, 0.6) is 0 Å². The van der Waals surface area contributed by atoms with Crippen LogP contribution in [-0.4, -0.2) is 47.9 Å². The number of benzene rings is 2. The maximum atomic E-state index is 12.8. The minimum absolute atomic E-state index is 0.151. The molecule has 1 aliphatic heterocycles. The average molecular weight is 409 g/mol. The number of nitrogens with one attached hydrogen (secondary N) is 1. The molecule has 1 saturated heterocycles. The lowest BCUT2D eigenvalue weighted by molar-refractivity contribution is -0.146. The number of esters is 1. The Morgan fingerprint density at radius 3 is 2.33 bits per heavy atom. The fraction of sp³-hybridized carbons (Fsp3) is 0.348. The summed E-state index contributed by atoms with van der Waals surface area (Å²) in [5, 5.41) is 2.59. The Bertz CT molecular complexity index is 857. The normalized spacial score (nSPS) is 16.7. The molecule has 0 bridgehead atoms. The molecule has 3 rings (SSSR count). The molecular formula is C23H27N3O4. The number of ether oxygens (including phenoxy) is 1. The Kier molecular flexibility index (Phi) is 7.57. The standard InChI is InChI=1S/C23H27N3O4/c24-19(14-17-8-3-1-4-9-17)23(29)26-13-7-12-20(26)22(28)25-15-21(27)30-16-18-10-5-2-6-11-18/h1-6,8-11,19-20H,7,12-16,24H2,(H,25,28)/t19-,20-/m0/s1. The molecule has 0 aromatic heterocycles. The smallest absolute Gasteiger partial charge is 0.325 e. The van der Waals surface area contributed by atoms with E-state index >= 15 is 0 Å². The molecule has 0 unspecified atom stereocenters. The van der Waals surface area contributed by atoms with E-state index in [1.807, 2.05) is 60.7 Å². The lowest BCUT2D eigenvalue weighted by Crippen LogP contribution is -2.52. The van der Waals surface area contributed by atoms with Crippen LogP contribution in [0.2, 0.25) is 0 Å². The van der Waals surface area contributed by atoms with Crippen LogP contribution in [-0.2, 0) is 32.1 Å². The van der Waals surface area contributed by atoms with E-state index in [9.17, 15) is 14.4 Å². The van der Waals surface area contributed by atoms with Crippen LogP contribution in [0.15, 0.2) is 60.7 Å². The largest absolute Gasteiger partial charge is 0.460 e. The number of hydrogen-bond donors (Lipinski definition) is 2. The minimum Gasteiger partial charge on any atom is -0.460 e. The lowest BCUT2D eigenvalue weighted by atomic mass is 10.1. The van der Waals surface area contributed by atoms with Crippen LogP contribution in [0.25, 0.3) is 0 Å². The van der Waals surface area contributed by atoms with Gasteiger partial charge in [0.2, 0.25) is 11.8 Å². The topological polar surface area (TPSA) is 102 Å². The highest BCUT2D eigenvalue weighted by atomic mass is 16.5. The Balaban J connectivity index is 1.47. The van der Waals surface area contributed by atoms with E-state index in [1.165, 1.54) is 4.90 Å². The van der Waals surface area contributed by atoms with Gasteiger partial charge in [0.05, 0.1) is 6.04 Å². The first-order valence-electron chi connectivity index (χ1n) is 10.1. The Morgan fingerprint density at radius 1 is 1.03 bits per heavy atom. The number of carbonyl (C=O) groups excluding carboxylic acids is 3. The zero-order valence-electron chi connectivity index (χ0n) is 16.8. The summed E-state index contributed by atoms with van der Waals surface area (Å²) in [6.07, 6.45) is 1.69. The van der Waals surface area contributed by atoms with Gasteiger partial charge in [-0.1, -0.05) is 60.7 Å². The third-order valence-corrected chi connectivity index (χ3v) is 5.10. The molecule has 1 heterocycles. The van der Waals surface area contributed by atoms with Gasteiger partial charge in [0.25, 0.3) is 0 Å². The number of hydrogen-bond acceptors (Lipinski definition) is 5. The third kappa shape index (κ3) is 5.90. The molecule has 0 aliphatic carbocycles. The average Bonchev–Trinajstić information content (AvgIpc) is 3.27. The number of nitrogens with zero attached hydrogens (tertiary/aromatic N) is 1. The Hall–Kier alpha value is -3.19. The SMILES string of the molecule is N[C@@H](Cc1ccccc1)C(=O)N1CCC[C@H]1C(=O)NCC(=O)OCc1ccccc1. The predicted molar refractivity (Wildman–Crippen MR) is 112 cm³/mol. The summed E-state index contributed by atoms with van der Waals surface area (Å²) >= 11 is 0. The Morgan fingerprint density at radius 2 is 1.67 bits per heavy atom. The van der Waals surface area contributed by atoms with E-state index < -0.39 is 18.1 Å². The van der Waals surface area contributed by atoms with Gasteiger partial charge in [-0.25, -0.2) is 0 Å². The number of nitrogens with two attached hydrogens (primary N) is 1. The van der Waals surface area contributed by atoms with Crippen molar-refractivity contribution in [2.45, 2.75) is 38.0 Å². The Labute approximate surface area is 176 Å². The summed E-state index contributed by atoms with van der Waals surface area (Å²) in [4.78, 5) is 38.8. The summed E-state index contributed by atoms with van der Waals surface area (Å²) in [5.74, 6) is -1.13. The molecule has 3 N–H and O–H groups in total. The first kappa shape index (κ1) is 21.5. The molecule has 0 radical (unpaired) electrons. The fourth-order valence-corrected chi connectivity index (χ4v) is 3.54. The third-order valence-electron chi connectivity index (χ3n) is 5.10. The second-order valence-corrected chi connectivity index (χ2v) is 7.35. The van der Waals surface area contributed by atoms with Crippen LogP contribution < -0.4 is 11.1 Å². The second-order valence-electron chi connectivity index (χ2n) is 7.35. The number of rotatable bonds is 8. The van der Waals surface area contributed by atoms with E-state index in [0.717, 1.165) is 17.5 Å². The van der Waals surface area contributed by atoms with Crippen molar-refractivity contribution >= 4 is 17.8 Å². The van der Waals surface area contributed by atoms with E-state index in [-0.39, 0.29) is 25.0 Å². The molecule has 2 aromatic rings. The summed E-state index contributed by atoms with van der Waals surface area (Å²) in [7, 11) is 0. The molecule has 1 aliphatic rings. The monoisotopic (exact) mass is 409 g/mol. The van der Waals surface area contributed by atoms with E-state index in [2.05, 4.69) is 5.32 Å². The van der Waals surface area contributed by atoms with Crippen molar-refractivity contribution in [1.82, 2.24) is 10.2 Å². The van der Waals surface area contributed by atoms with Gasteiger partial charge in [-0.15, -0.1) is 0 Å². The molecule has 2 amide bonds. The first-order chi connectivity index (χ1) is 14.5. The van der Waals surface area contributed by atoms with Crippen molar-refractivity contribution in [2.75, 3.05) is 13.1 Å². The molecule has 2 atom stereocenters. The predicted octanol–water partition coefficient (Wildman–Crippen LogP) is 1.41. The molecule has 30 heavy (non-hydrogen) atoms. The van der Waals surface area contributed by atoms with Crippen LogP contribution in [0.1, 0.15) is 24.0 Å². The minimum atomic E-state index is -0.711. The zero-order chi connectivity index (χ0) is 21.3. The number of likely N-dealkylation sites (tertiary alicyclic amines) is 1. The highest BCUT2D eigenvalue weighted by Crippen LogP contribution is 2.19. The molecule has 7 nitrogen and oxygen atoms in total. The van der Waals surface area contributed by atoms with Gasteiger partial charge < -0.3 is 20.7 Å². The van der Waals surface area contributed by atoms with Gasteiger partial charge >= 0.3 is 5.97 Å². The van der Waals surface area contributed by atoms with E-state index in [0.29, 0.717) is 19.4 Å². The van der Waals surface area contributed by atoms with Gasteiger partial charge in [-0.3, -0.25) is 14.4 Å². The maximum Gasteiger partial charge on any atom is 0.325 e. The molecular weight excluding hydrogens is 382 g/mol. The van der Waals surface area contributed by atoms with Gasteiger partial charge in [-0.05, 0) is 30.4 Å². The van der Waals surface area contributed by atoms with Crippen molar-refractivity contribution in [3.05, 3.63) is 71.8 Å². The van der Waals surface area contributed by atoms with Crippen molar-refractivity contribution in [3.8, 4) is 0 Å². The fourth-order valence-electron chi connectivity index (χ4n) is 3.54. The van der Waals surface area contributed by atoms with Crippen molar-refractivity contribution in [3.63, 3.8) is 0 Å². The van der Waals surface area contributed by atoms with E-state index in [4.69, 9.17) is 10.5 Å². The van der Waals surface area contributed by atoms with Gasteiger partial charge in [0.15, 0.2) is 0 Å². The van der Waals surface area contributed by atoms with Crippen LogP contribution in [0.3, 0.4) is 0 Å². The highest BCUT2D eigenvalue weighted by Gasteiger charge is 2.36. The summed E-state index contributed by atoms with van der Waals surface area (Å²) in [6, 6.07) is 17.5. The molecule has 1 fully saturated rings. The van der Waals surface area contributed by atoms with E-state index in [1.54, 1.807) is 0 Å². The highest BCUT2D eigenvalue weighted by molar-refractivity contribution is 5.91. The quantitative estimate of drug-likeness (QED) is 0.642. The second kappa shape index (κ2) is 10.5. The first-order valence-corrected chi connectivity index (χ1v) is 10.1. The van der Waals surface area contributed by atoms with Crippen LogP contribution in [0, 0.1) is 0 Å². The molecule has 7 heteroatoms. The molecule has 0 saturated carbocycles. The van der Waals surface area contributed by atoms with Crippen molar-refractivity contribution in [2.24, 2.45) is 5.73 Å². The number of carbonyl (C=O) groups is 3. The van der Waals surface area contributed by atoms with Gasteiger partial charge in [-0.2, -0.15) is 0 Å².